The molecule has 0 atom stereocenters. The standard InChI is InChI=1S/C19H18Cl4N2O/c20-14-8-15(21)10-16(9-14)24-19(26)13-3-5-25(6-4-13)11-12-1-2-17(22)18(23)7-12/h1-2,7-10,13H,3-6,11H2,(H,24,26). The molecule has 1 saturated heterocycles. The van der Waals surface area contributed by atoms with Crippen molar-refractivity contribution in [2.45, 2.75) is 19.4 Å². The lowest BCUT2D eigenvalue weighted by Gasteiger charge is -2.31. The summed E-state index contributed by atoms with van der Waals surface area (Å²) in [6.07, 6.45) is 1.61. The van der Waals surface area contributed by atoms with Gasteiger partial charge in [-0.2, -0.15) is 0 Å². The fourth-order valence-corrected chi connectivity index (χ4v) is 3.97. The summed E-state index contributed by atoms with van der Waals surface area (Å²) in [4.78, 5) is 14.8. The average molecular weight is 432 g/mol. The Bertz CT molecular complexity index is 784. The van der Waals surface area contributed by atoms with Gasteiger partial charge in [-0.25, -0.2) is 0 Å². The summed E-state index contributed by atoms with van der Waals surface area (Å²) < 4.78 is 0. The van der Waals surface area contributed by atoms with Gasteiger partial charge < -0.3 is 5.32 Å². The first-order valence-electron chi connectivity index (χ1n) is 8.34. The minimum Gasteiger partial charge on any atom is -0.326 e. The van der Waals surface area contributed by atoms with Crippen LogP contribution < -0.4 is 5.32 Å². The molecule has 138 valence electrons. The molecule has 7 heteroatoms. The van der Waals surface area contributed by atoms with Crippen molar-refractivity contribution in [2.24, 2.45) is 5.92 Å². The topological polar surface area (TPSA) is 32.3 Å². The molecule has 0 unspecified atom stereocenters. The summed E-state index contributed by atoms with van der Waals surface area (Å²) in [7, 11) is 0. The van der Waals surface area contributed by atoms with E-state index in [0.717, 1.165) is 38.0 Å². The van der Waals surface area contributed by atoms with E-state index in [-0.39, 0.29) is 11.8 Å². The van der Waals surface area contributed by atoms with Crippen LogP contribution in [-0.4, -0.2) is 23.9 Å². The maximum Gasteiger partial charge on any atom is 0.227 e. The highest BCUT2D eigenvalue weighted by atomic mass is 35.5. The Morgan fingerprint density at radius 1 is 0.962 bits per heavy atom. The SMILES string of the molecule is O=C(Nc1cc(Cl)cc(Cl)c1)C1CCN(Cc2ccc(Cl)c(Cl)c2)CC1. The van der Waals surface area contributed by atoms with Crippen molar-refractivity contribution in [3.05, 3.63) is 62.1 Å². The highest BCUT2D eigenvalue weighted by molar-refractivity contribution is 6.42. The second kappa shape index (κ2) is 8.81. The van der Waals surface area contributed by atoms with E-state index in [1.807, 2.05) is 18.2 Å². The van der Waals surface area contributed by atoms with Crippen LogP contribution in [0.5, 0.6) is 0 Å². The van der Waals surface area contributed by atoms with Crippen molar-refractivity contribution in [3.8, 4) is 0 Å². The van der Waals surface area contributed by atoms with E-state index in [4.69, 9.17) is 46.4 Å². The van der Waals surface area contributed by atoms with Crippen molar-refractivity contribution >= 4 is 58.0 Å². The van der Waals surface area contributed by atoms with Gasteiger partial charge in [0.05, 0.1) is 10.0 Å². The molecule has 1 amide bonds. The number of anilines is 1. The Labute approximate surface area is 173 Å². The molecule has 3 nitrogen and oxygen atoms in total. The molecule has 0 radical (unpaired) electrons. The Hall–Kier alpha value is -0.970. The predicted octanol–water partition coefficient (Wildman–Crippen LogP) is 6.15. The Morgan fingerprint density at radius 3 is 2.23 bits per heavy atom. The number of nitrogens with zero attached hydrogens (tertiary/aromatic N) is 1. The fourth-order valence-electron chi connectivity index (χ4n) is 3.12. The molecule has 1 aliphatic heterocycles. The maximum absolute atomic E-state index is 12.5. The molecular formula is C19H18Cl4N2O. The van der Waals surface area contributed by atoms with Gasteiger partial charge in [0.1, 0.15) is 0 Å². The van der Waals surface area contributed by atoms with Gasteiger partial charge >= 0.3 is 0 Å². The van der Waals surface area contributed by atoms with Gasteiger partial charge in [0.25, 0.3) is 0 Å². The molecule has 0 bridgehead atoms. The third kappa shape index (κ3) is 5.28. The summed E-state index contributed by atoms with van der Waals surface area (Å²) >= 11 is 24.0. The Kier molecular flexibility index (Phi) is 6.70. The van der Waals surface area contributed by atoms with Crippen LogP contribution in [0.15, 0.2) is 36.4 Å². The number of likely N-dealkylation sites (tertiary alicyclic amines) is 1. The predicted molar refractivity (Wildman–Crippen MR) is 110 cm³/mol. The first kappa shape index (κ1) is 19.8. The van der Waals surface area contributed by atoms with E-state index in [9.17, 15) is 4.79 Å². The second-order valence-electron chi connectivity index (χ2n) is 6.45. The molecule has 3 rings (SSSR count). The molecule has 26 heavy (non-hydrogen) atoms. The lowest BCUT2D eigenvalue weighted by molar-refractivity contribution is -0.121. The van der Waals surface area contributed by atoms with E-state index < -0.39 is 0 Å². The van der Waals surface area contributed by atoms with Crippen LogP contribution in [-0.2, 0) is 11.3 Å². The lowest BCUT2D eigenvalue weighted by Crippen LogP contribution is -2.37. The average Bonchev–Trinajstić information content (AvgIpc) is 2.58. The number of amides is 1. The summed E-state index contributed by atoms with van der Waals surface area (Å²) in [5.41, 5.74) is 1.75. The second-order valence-corrected chi connectivity index (χ2v) is 8.13. The normalized spacial score (nSPS) is 15.8. The molecule has 1 N–H and O–H groups in total. The van der Waals surface area contributed by atoms with E-state index in [1.165, 1.54) is 0 Å². The number of nitrogens with one attached hydrogen (secondary N) is 1. The molecule has 0 aliphatic carbocycles. The van der Waals surface area contributed by atoms with Crippen LogP contribution in [0.2, 0.25) is 20.1 Å². The number of hydrogen-bond acceptors (Lipinski definition) is 2. The zero-order chi connectivity index (χ0) is 18.7. The Balaban J connectivity index is 1.52. The highest BCUT2D eigenvalue weighted by Crippen LogP contribution is 2.26. The van der Waals surface area contributed by atoms with Gasteiger partial charge in [0, 0.05) is 28.2 Å². The number of carbonyl (C=O) groups is 1. The van der Waals surface area contributed by atoms with Crippen molar-refractivity contribution in [1.82, 2.24) is 4.90 Å². The van der Waals surface area contributed by atoms with E-state index in [1.54, 1.807) is 18.2 Å². The van der Waals surface area contributed by atoms with Crippen molar-refractivity contribution in [1.29, 1.82) is 0 Å². The summed E-state index contributed by atoms with van der Waals surface area (Å²) in [6, 6.07) is 10.7. The van der Waals surface area contributed by atoms with Crippen LogP contribution in [0.3, 0.4) is 0 Å². The minimum absolute atomic E-state index is 0.0116. The van der Waals surface area contributed by atoms with Crippen molar-refractivity contribution < 1.29 is 4.79 Å². The molecule has 0 spiro atoms. The van der Waals surface area contributed by atoms with Crippen LogP contribution in [0.4, 0.5) is 5.69 Å². The van der Waals surface area contributed by atoms with Crippen LogP contribution in [0.1, 0.15) is 18.4 Å². The summed E-state index contributed by atoms with van der Waals surface area (Å²) in [5.74, 6) is -0.00432. The van der Waals surface area contributed by atoms with Gasteiger partial charge in [-0.15, -0.1) is 0 Å². The molecule has 0 saturated carbocycles. The molecule has 0 aromatic heterocycles. The number of halogens is 4. The van der Waals surface area contributed by atoms with E-state index >= 15 is 0 Å². The van der Waals surface area contributed by atoms with Gasteiger partial charge in [0.2, 0.25) is 5.91 Å². The third-order valence-electron chi connectivity index (χ3n) is 4.48. The highest BCUT2D eigenvalue weighted by Gasteiger charge is 2.25. The van der Waals surface area contributed by atoms with Crippen LogP contribution >= 0.6 is 46.4 Å². The smallest absolute Gasteiger partial charge is 0.227 e. The molecule has 1 heterocycles. The van der Waals surface area contributed by atoms with E-state index in [2.05, 4.69) is 10.2 Å². The quantitative estimate of drug-likeness (QED) is 0.629. The zero-order valence-corrected chi connectivity index (χ0v) is 17.0. The molecule has 1 aliphatic rings. The monoisotopic (exact) mass is 430 g/mol. The van der Waals surface area contributed by atoms with Crippen LogP contribution in [0.25, 0.3) is 0 Å². The summed E-state index contributed by atoms with van der Waals surface area (Å²) in [6.45, 7) is 2.51. The van der Waals surface area contributed by atoms with Gasteiger partial charge in [-0.3, -0.25) is 9.69 Å². The largest absolute Gasteiger partial charge is 0.326 e. The fraction of sp³-hybridized carbons (Fsp3) is 0.316. The molecular weight excluding hydrogens is 414 g/mol. The lowest BCUT2D eigenvalue weighted by atomic mass is 9.95. The molecule has 1 fully saturated rings. The van der Waals surface area contributed by atoms with Crippen molar-refractivity contribution in [3.63, 3.8) is 0 Å². The number of carbonyl (C=O) groups excluding carboxylic acids is 1. The number of hydrogen-bond donors (Lipinski definition) is 1. The first-order valence-corrected chi connectivity index (χ1v) is 9.85. The summed E-state index contributed by atoms with van der Waals surface area (Å²) in [5, 5.41) is 5.05. The van der Waals surface area contributed by atoms with Crippen LogP contribution in [0, 0.1) is 5.92 Å². The molecule has 2 aromatic rings. The van der Waals surface area contributed by atoms with Gasteiger partial charge in [-0.1, -0.05) is 52.5 Å². The van der Waals surface area contributed by atoms with Gasteiger partial charge in [0.15, 0.2) is 0 Å². The minimum atomic E-state index is -0.0159. The van der Waals surface area contributed by atoms with Gasteiger partial charge in [-0.05, 0) is 61.8 Å². The maximum atomic E-state index is 12.5. The Morgan fingerprint density at radius 2 is 1.62 bits per heavy atom. The zero-order valence-electron chi connectivity index (χ0n) is 13.9. The first-order chi connectivity index (χ1) is 12.4. The van der Waals surface area contributed by atoms with E-state index in [0.29, 0.717) is 25.8 Å². The third-order valence-corrected chi connectivity index (χ3v) is 5.65. The van der Waals surface area contributed by atoms with Crippen molar-refractivity contribution in [2.75, 3.05) is 18.4 Å². The molecule has 2 aromatic carbocycles. The number of rotatable bonds is 4. The number of piperidine rings is 1. The number of benzene rings is 2.